The predicted molar refractivity (Wildman–Crippen MR) is 97.7 cm³/mol. The van der Waals surface area contributed by atoms with Crippen molar-refractivity contribution in [2.24, 2.45) is 12.0 Å². The summed E-state index contributed by atoms with van der Waals surface area (Å²) in [7, 11) is 3.37. The van der Waals surface area contributed by atoms with Gasteiger partial charge in [-0.2, -0.15) is 0 Å². The maximum atomic E-state index is 11.6. The monoisotopic (exact) mass is 340 g/mol. The van der Waals surface area contributed by atoms with Crippen molar-refractivity contribution in [2.75, 3.05) is 7.11 Å². The summed E-state index contributed by atoms with van der Waals surface area (Å²) < 4.78 is 6.83. The molecule has 2 aromatic carbocycles. The zero-order chi connectivity index (χ0) is 17.3. The molecule has 0 spiro atoms. The van der Waals surface area contributed by atoms with Gasteiger partial charge in [0, 0.05) is 35.4 Å². The first-order chi connectivity index (χ1) is 11.5. The molecule has 1 aromatic heterocycles. The van der Waals surface area contributed by atoms with Gasteiger partial charge in [-0.05, 0) is 31.2 Å². The van der Waals surface area contributed by atoms with E-state index in [1.54, 1.807) is 18.2 Å². The Bertz CT molecular complexity index is 957. The van der Waals surface area contributed by atoms with Crippen molar-refractivity contribution >= 4 is 40.4 Å². The number of halogens is 1. The van der Waals surface area contributed by atoms with Gasteiger partial charge in [-0.1, -0.05) is 29.8 Å². The maximum absolute atomic E-state index is 11.6. The van der Waals surface area contributed by atoms with Crippen LogP contribution in [0, 0.1) is 6.92 Å². The second-order valence-corrected chi connectivity index (χ2v) is 5.90. The molecule has 0 fully saturated rings. The van der Waals surface area contributed by atoms with Crippen LogP contribution in [0.3, 0.4) is 0 Å². The third-order valence-electron chi connectivity index (χ3n) is 4.15. The van der Waals surface area contributed by atoms with E-state index in [9.17, 15) is 4.79 Å². The lowest BCUT2D eigenvalue weighted by Crippen LogP contribution is -2.01. The van der Waals surface area contributed by atoms with E-state index in [2.05, 4.69) is 33.4 Å². The number of aromatic nitrogens is 1. The minimum Gasteiger partial charge on any atom is -0.465 e. The van der Waals surface area contributed by atoms with Crippen molar-refractivity contribution in [3.63, 3.8) is 0 Å². The number of esters is 1. The van der Waals surface area contributed by atoms with Crippen molar-refractivity contribution in [1.82, 2.24) is 4.57 Å². The molecule has 0 N–H and O–H groups in total. The first-order valence-corrected chi connectivity index (χ1v) is 7.86. The van der Waals surface area contributed by atoms with E-state index >= 15 is 0 Å². The van der Waals surface area contributed by atoms with Crippen molar-refractivity contribution in [3.8, 4) is 0 Å². The lowest BCUT2D eigenvalue weighted by atomic mass is 10.1. The molecule has 0 amide bonds. The predicted octanol–water partition coefficient (Wildman–Crippen LogP) is 4.68. The van der Waals surface area contributed by atoms with Crippen LogP contribution >= 0.6 is 11.6 Å². The minimum absolute atomic E-state index is 0.325. The zero-order valence-electron chi connectivity index (χ0n) is 13.7. The highest BCUT2D eigenvalue weighted by Crippen LogP contribution is 2.26. The summed E-state index contributed by atoms with van der Waals surface area (Å²) in [5, 5.41) is 1.48. The number of hydrogen-bond donors (Lipinski definition) is 0. The number of rotatable bonds is 3. The summed E-state index contributed by atoms with van der Waals surface area (Å²) in [5.41, 5.74) is 4.38. The highest BCUT2D eigenvalue weighted by molar-refractivity contribution is 6.33. The van der Waals surface area contributed by atoms with Gasteiger partial charge in [-0.15, -0.1) is 0 Å². The lowest BCUT2D eigenvalue weighted by Gasteiger charge is -2.03. The first kappa shape index (κ1) is 16.3. The smallest absolute Gasteiger partial charge is 0.339 e. The maximum Gasteiger partial charge on any atom is 0.339 e. The van der Waals surface area contributed by atoms with E-state index < -0.39 is 5.97 Å². The lowest BCUT2D eigenvalue weighted by molar-refractivity contribution is 0.0601. The zero-order valence-corrected chi connectivity index (χ0v) is 14.5. The molecule has 0 aliphatic carbocycles. The van der Waals surface area contributed by atoms with Crippen molar-refractivity contribution in [3.05, 3.63) is 64.3 Å². The van der Waals surface area contributed by atoms with E-state index in [0.29, 0.717) is 16.3 Å². The third-order valence-corrected chi connectivity index (χ3v) is 4.46. The van der Waals surface area contributed by atoms with Crippen molar-refractivity contribution in [2.45, 2.75) is 6.92 Å². The molecular weight excluding hydrogens is 324 g/mol. The molecule has 0 aliphatic heterocycles. The topological polar surface area (TPSA) is 43.6 Å². The van der Waals surface area contributed by atoms with Crippen LogP contribution in [-0.2, 0) is 11.8 Å². The number of carbonyl (C=O) groups is 1. The quantitative estimate of drug-likeness (QED) is 0.513. The van der Waals surface area contributed by atoms with Crippen molar-refractivity contribution < 1.29 is 9.53 Å². The number of carbonyl (C=O) groups excluding carboxylic acids is 1. The fourth-order valence-corrected chi connectivity index (χ4v) is 2.96. The summed E-state index contributed by atoms with van der Waals surface area (Å²) in [4.78, 5) is 16.1. The molecule has 5 heteroatoms. The van der Waals surface area contributed by atoms with E-state index in [1.165, 1.54) is 7.11 Å². The average Bonchev–Trinajstić information content (AvgIpc) is 2.84. The molecule has 24 heavy (non-hydrogen) atoms. The molecule has 0 saturated carbocycles. The van der Waals surface area contributed by atoms with Gasteiger partial charge >= 0.3 is 5.97 Å². The second-order valence-electron chi connectivity index (χ2n) is 5.49. The van der Waals surface area contributed by atoms with Gasteiger partial charge < -0.3 is 9.30 Å². The number of benzene rings is 2. The molecule has 0 atom stereocenters. The summed E-state index contributed by atoms with van der Waals surface area (Å²) in [6, 6.07) is 13.2. The van der Waals surface area contributed by atoms with E-state index in [-0.39, 0.29) is 0 Å². The van der Waals surface area contributed by atoms with Crippen LogP contribution in [-0.4, -0.2) is 23.9 Å². The van der Waals surface area contributed by atoms with Gasteiger partial charge in [0.05, 0.1) is 23.4 Å². The van der Waals surface area contributed by atoms with Crippen LogP contribution in [0.4, 0.5) is 5.69 Å². The Hall–Kier alpha value is -2.59. The Balaban J connectivity index is 1.99. The number of aliphatic imine (C=N–C) groups is 1. The first-order valence-electron chi connectivity index (χ1n) is 7.49. The van der Waals surface area contributed by atoms with Crippen LogP contribution in [0.2, 0.25) is 5.02 Å². The molecule has 122 valence electrons. The van der Waals surface area contributed by atoms with Crippen LogP contribution < -0.4 is 0 Å². The Labute approximate surface area is 145 Å². The van der Waals surface area contributed by atoms with Crippen LogP contribution in [0.1, 0.15) is 21.6 Å². The Kier molecular flexibility index (Phi) is 4.40. The Morgan fingerprint density at radius 1 is 1.25 bits per heavy atom. The molecule has 0 radical (unpaired) electrons. The average molecular weight is 341 g/mol. The molecule has 0 aliphatic rings. The molecule has 4 nitrogen and oxygen atoms in total. The van der Waals surface area contributed by atoms with E-state index in [1.807, 2.05) is 25.4 Å². The number of fused-ring (bicyclic) bond motifs is 1. The highest BCUT2D eigenvalue weighted by atomic mass is 35.5. The van der Waals surface area contributed by atoms with Crippen molar-refractivity contribution in [1.29, 1.82) is 0 Å². The van der Waals surface area contributed by atoms with Gasteiger partial charge in [-0.3, -0.25) is 4.99 Å². The van der Waals surface area contributed by atoms with Crippen LogP contribution in [0.25, 0.3) is 10.9 Å². The minimum atomic E-state index is -0.458. The van der Waals surface area contributed by atoms with Gasteiger partial charge in [-0.25, -0.2) is 4.79 Å². The fourth-order valence-electron chi connectivity index (χ4n) is 2.71. The Morgan fingerprint density at radius 3 is 2.71 bits per heavy atom. The molecule has 3 rings (SSSR count). The summed E-state index contributed by atoms with van der Waals surface area (Å²) in [5.74, 6) is -0.458. The Morgan fingerprint density at radius 2 is 2.00 bits per heavy atom. The normalized spacial score (nSPS) is 11.3. The van der Waals surface area contributed by atoms with Crippen LogP contribution in [0.15, 0.2) is 47.5 Å². The van der Waals surface area contributed by atoms with E-state index in [4.69, 9.17) is 11.6 Å². The number of ether oxygens (including phenoxy) is 1. The van der Waals surface area contributed by atoms with Gasteiger partial charge in [0.25, 0.3) is 0 Å². The highest BCUT2D eigenvalue weighted by Gasteiger charge is 2.11. The molecule has 0 bridgehead atoms. The summed E-state index contributed by atoms with van der Waals surface area (Å²) >= 11 is 6.14. The number of nitrogens with zero attached hydrogens (tertiary/aromatic N) is 2. The second kappa shape index (κ2) is 6.49. The largest absolute Gasteiger partial charge is 0.465 e. The third kappa shape index (κ3) is 2.81. The van der Waals surface area contributed by atoms with Gasteiger partial charge in [0.1, 0.15) is 0 Å². The SMILES string of the molecule is COC(=O)c1ccc(N=Cc2c(C)n(C)c3ccccc23)cc1Cl. The van der Waals surface area contributed by atoms with E-state index in [0.717, 1.165) is 22.2 Å². The number of aryl methyl sites for hydroxylation is 1. The number of para-hydroxylation sites is 1. The summed E-state index contributed by atoms with van der Waals surface area (Å²) in [6.45, 7) is 2.06. The molecule has 1 heterocycles. The molecule has 0 unspecified atom stereocenters. The molecule has 0 saturated heterocycles. The molecule has 3 aromatic rings. The number of hydrogen-bond acceptors (Lipinski definition) is 3. The fraction of sp³-hybridized carbons (Fsp3) is 0.158. The number of methoxy groups -OCH3 is 1. The van der Waals surface area contributed by atoms with Gasteiger partial charge in [0.15, 0.2) is 0 Å². The van der Waals surface area contributed by atoms with Gasteiger partial charge in [0.2, 0.25) is 0 Å². The molecular formula is C19H17ClN2O2. The summed E-state index contributed by atoms with van der Waals surface area (Å²) in [6.07, 6.45) is 1.83. The standard InChI is InChI=1S/C19H17ClN2O2/c1-12-16(14-6-4-5-7-18(14)22(12)2)11-21-13-8-9-15(17(20)10-13)19(23)24-3/h4-11H,1-3H3. The van der Waals surface area contributed by atoms with Crippen LogP contribution in [0.5, 0.6) is 0 Å².